The molecule has 0 saturated carbocycles. The Balaban J connectivity index is 0.000000151. The molecule has 20 heavy (non-hydrogen) atoms. The van der Waals surface area contributed by atoms with Crippen LogP contribution in [0.1, 0.15) is 0 Å². The van der Waals surface area contributed by atoms with Gasteiger partial charge in [0.2, 0.25) is 0 Å². The van der Waals surface area contributed by atoms with Crippen LogP contribution in [0.25, 0.3) is 10.8 Å². The summed E-state index contributed by atoms with van der Waals surface area (Å²) in [6, 6.07) is 20.2. The molecule has 0 saturated heterocycles. The van der Waals surface area contributed by atoms with Crippen LogP contribution in [0.15, 0.2) is 66.7 Å². The molecule has 3 rings (SSSR count). The second-order valence-corrected chi connectivity index (χ2v) is 4.20. The Kier molecular flexibility index (Phi) is 4.45. The van der Waals surface area contributed by atoms with Gasteiger partial charge >= 0.3 is 0 Å². The Morgan fingerprint density at radius 2 is 1.40 bits per heavy atom. The van der Waals surface area contributed by atoms with Crippen LogP contribution in [0.3, 0.4) is 0 Å². The second kappa shape index (κ2) is 6.48. The molecule has 0 bridgehead atoms. The predicted molar refractivity (Wildman–Crippen MR) is 80.3 cm³/mol. The first kappa shape index (κ1) is 13.7. The first-order valence-corrected chi connectivity index (χ1v) is 6.20. The smallest absolute Gasteiger partial charge is 0.160 e. The third-order valence-electron chi connectivity index (χ3n) is 2.82. The zero-order valence-electron chi connectivity index (χ0n) is 11.2. The predicted octanol–water partition coefficient (Wildman–Crippen LogP) is 3.95. The van der Waals surface area contributed by atoms with Crippen LogP contribution in [0.2, 0.25) is 0 Å². The summed E-state index contributed by atoms with van der Waals surface area (Å²) in [6.07, 6.45) is 0. The molecule has 102 valence electrons. The van der Waals surface area contributed by atoms with Gasteiger partial charge in [-0.15, -0.1) is 0 Å². The lowest BCUT2D eigenvalue weighted by Crippen LogP contribution is -1.80. The Bertz CT molecular complexity index is 692. The highest BCUT2D eigenvalue weighted by atomic mass is 16.5. The Hall–Kier alpha value is -2.68. The van der Waals surface area contributed by atoms with Crippen LogP contribution >= 0.6 is 0 Å². The maximum absolute atomic E-state index is 9.13. The van der Waals surface area contributed by atoms with Crippen molar-refractivity contribution in [1.29, 1.82) is 0 Å². The van der Waals surface area contributed by atoms with E-state index >= 15 is 0 Å². The summed E-state index contributed by atoms with van der Waals surface area (Å²) >= 11 is 0. The molecule has 3 aromatic carbocycles. The first-order valence-electron chi connectivity index (χ1n) is 6.20. The summed E-state index contributed by atoms with van der Waals surface area (Å²) in [6.45, 7) is 0. The number of phenolic OH excluding ortho intramolecular Hbond substituents is 2. The molecule has 3 nitrogen and oxygen atoms in total. The number of hydrogen-bond acceptors (Lipinski definition) is 3. The number of para-hydroxylation sites is 2. The lowest BCUT2D eigenvalue weighted by Gasteiger charge is -1.99. The molecular formula is C17H16O3. The third-order valence-corrected chi connectivity index (χ3v) is 2.82. The molecule has 0 unspecified atom stereocenters. The molecule has 0 fully saturated rings. The molecule has 2 N–H and O–H groups in total. The summed E-state index contributed by atoms with van der Waals surface area (Å²) in [5.41, 5.74) is 0. The van der Waals surface area contributed by atoms with Gasteiger partial charge in [-0.2, -0.15) is 0 Å². The van der Waals surface area contributed by atoms with Gasteiger partial charge in [0.25, 0.3) is 0 Å². The first-order chi connectivity index (χ1) is 9.70. The molecule has 0 radical (unpaired) electrons. The fourth-order valence-corrected chi connectivity index (χ4v) is 1.81. The van der Waals surface area contributed by atoms with Crippen molar-refractivity contribution < 1.29 is 14.9 Å². The minimum absolute atomic E-state index is 0.181. The van der Waals surface area contributed by atoms with Crippen LogP contribution in [0, 0.1) is 0 Å². The summed E-state index contributed by atoms with van der Waals surface area (Å²) in [4.78, 5) is 0. The number of benzene rings is 3. The monoisotopic (exact) mass is 268 g/mol. The number of phenols is 2. The van der Waals surface area contributed by atoms with E-state index in [0.717, 1.165) is 10.8 Å². The lowest BCUT2D eigenvalue weighted by atomic mass is 10.1. The second-order valence-electron chi connectivity index (χ2n) is 4.20. The van der Waals surface area contributed by atoms with Crippen LogP contribution in [0.5, 0.6) is 17.2 Å². The van der Waals surface area contributed by atoms with Crippen molar-refractivity contribution in [3.8, 4) is 17.2 Å². The van der Waals surface area contributed by atoms with Crippen molar-refractivity contribution in [3.63, 3.8) is 0 Å². The minimum Gasteiger partial charge on any atom is -0.508 e. The van der Waals surface area contributed by atoms with Crippen LogP contribution < -0.4 is 4.74 Å². The minimum atomic E-state index is 0.181. The third kappa shape index (κ3) is 3.42. The number of hydrogen-bond donors (Lipinski definition) is 2. The summed E-state index contributed by atoms with van der Waals surface area (Å²) in [7, 11) is 1.52. The van der Waals surface area contributed by atoms with Crippen molar-refractivity contribution in [2.75, 3.05) is 7.11 Å². The van der Waals surface area contributed by atoms with E-state index in [1.165, 1.54) is 7.11 Å². The zero-order valence-corrected chi connectivity index (χ0v) is 11.2. The number of aromatic hydroxyl groups is 2. The Morgan fingerprint density at radius 3 is 2.05 bits per heavy atom. The fourth-order valence-electron chi connectivity index (χ4n) is 1.81. The molecule has 0 amide bonds. The molecule has 0 aromatic heterocycles. The fraction of sp³-hybridized carbons (Fsp3) is 0.0588. The van der Waals surface area contributed by atoms with Gasteiger partial charge < -0.3 is 14.9 Å². The molecule has 0 aliphatic carbocycles. The quantitative estimate of drug-likeness (QED) is 0.702. The van der Waals surface area contributed by atoms with Gasteiger partial charge in [-0.1, -0.05) is 42.5 Å². The number of methoxy groups -OCH3 is 1. The van der Waals surface area contributed by atoms with Crippen molar-refractivity contribution in [3.05, 3.63) is 66.7 Å². The summed E-state index contributed by atoms with van der Waals surface area (Å²) in [5.74, 6) is 1.02. The highest BCUT2D eigenvalue weighted by Crippen LogP contribution is 2.23. The van der Waals surface area contributed by atoms with Crippen molar-refractivity contribution in [2.45, 2.75) is 0 Å². The number of fused-ring (bicyclic) bond motifs is 1. The molecule has 0 heterocycles. The largest absolute Gasteiger partial charge is 0.508 e. The zero-order chi connectivity index (χ0) is 14.4. The Morgan fingerprint density at radius 1 is 0.750 bits per heavy atom. The van der Waals surface area contributed by atoms with Gasteiger partial charge in [-0.05, 0) is 35.0 Å². The van der Waals surface area contributed by atoms with Crippen LogP contribution in [-0.4, -0.2) is 17.3 Å². The molecule has 0 atom stereocenters. The van der Waals surface area contributed by atoms with Crippen molar-refractivity contribution >= 4 is 10.8 Å². The van der Waals surface area contributed by atoms with E-state index in [4.69, 9.17) is 14.9 Å². The molecule has 3 aromatic rings. The van der Waals surface area contributed by atoms with Gasteiger partial charge in [0.05, 0.1) is 7.11 Å². The van der Waals surface area contributed by atoms with E-state index in [9.17, 15) is 0 Å². The van der Waals surface area contributed by atoms with Gasteiger partial charge in [-0.3, -0.25) is 0 Å². The van der Waals surface area contributed by atoms with Crippen LogP contribution in [-0.2, 0) is 0 Å². The molecule has 3 heteroatoms. The van der Waals surface area contributed by atoms with E-state index in [1.54, 1.807) is 36.4 Å². The summed E-state index contributed by atoms with van der Waals surface area (Å²) in [5, 5.41) is 20.3. The maximum Gasteiger partial charge on any atom is 0.160 e. The average Bonchev–Trinajstić information content (AvgIpc) is 2.48. The normalized spacial score (nSPS) is 9.65. The van der Waals surface area contributed by atoms with E-state index in [0.29, 0.717) is 11.5 Å². The average molecular weight is 268 g/mol. The van der Waals surface area contributed by atoms with E-state index in [-0.39, 0.29) is 5.75 Å². The van der Waals surface area contributed by atoms with E-state index < -0.39 is 0 Å². The standard InChI is InChI=1S/C10H8O.C7H8O2/c11-10-6-5-8-3-1-2-4-9(8)7-10;1-9-7-5-3-2-4-6(7)8/h1-7,11H;2-5,8H,1H3. The lowest BCUT2D eigenvalue weighted by molar-refractivity contribution is 0.373. The van der Waals surface area contributed by atoms with Gasteiger partial charge in [0.1, 0.15) is 5.75 Å². The number of ether oxygens (including phenoxy) is 1. The van der Waals surface area contributed by atoms with Crippen LogP contribution in [0.4, 0.5) is 0 Å². The van der Waals surface area contributed by atoms with Crippen molar-refractivity contribution in [1.82, 2.24) is 0 Å². The molecule has 0 spiro atoms. The number of rotatable bonds is 1. The molecule has 0 aliphatic rings. The molecular weight excluding hydrogens is 252 g/mol. The summed E-state index contributed by atoms with van der Waals surface area (Å²) < 4.78 is 4.79. The van der Waals surface area contributed by atoms with Crippen molar-refractivity contribution in [2.24, 2.45) is 0 Å². The van der Waals surface area contributed by atoms with E-state index in [1.807, 2.05) is 30.3 Å². The van der Waals surface area contributed by atoms with E-state index in [2.05, 4.69) is 0 Å². The Labute approximate surface area is 117 Å². The highest BCUT2D eigenvalue weighted by molar-refractivity contribution is 5.83. The highest BCUT2D eigenvalue weighted by Gasteiger charge is 1.94. The SMILES string of the molecule is COc1ccccc1O.Oc1ccc2ccccc2c1. The van der Waals surface area contributed by atoms with Gasteiger partial charge in [0, 0.05) is 0 Å². The van der Waals surface area contributed by atoms with Gasteiger partial charge in [0.15, 0.2) is 11.5 Å². The topological polar surface area (TPSA) is 49.7 Å². The molecule has 0 aliphatic heterocycles. The van der Waals surface area contributed by atoms with Gasteiger partial charge in [-0.25, -0.2) is 0 Å². The maximum atomic E-state index is 9.13.